The average Bonchev–Trinajstić information content (AvgIpc) is 0.725. The number of esters is 1. The molecule has 0 saturated heterocycles. The van der Waals surface area contributed by atoms with Crippen LogP contribution in [0.25, 0.3) is 152 Å². The topological polar surface area (TPSA) is 198 Å². The fourth-order valence-electron chi connectivity index (χ4n) is 16.1. The fourth-order valence-corrected chi connectivity index (χ4v) is 16.1. The molecular weight excluding hydrogens is 1300 g/mol. The van der Waals surface area contributed by atoms with Gasteiger partial charge in [0.2, 0.25) is 0 Å². The summed E-state index contributed by atoms with van der Waals surface area (Å²) in [6.45, 7) is 10.0. The lowest BCUT2D eigenvalue weighted by Gasteiger charge is -2.17. The summed E-state index contributed by atoms with van der Waals surface area (Å²) < 4.78 is 13.7. The second kappa shape index (κ2) is 22.2. The Morgan fingerprint density at radius 3 is 0.942 bits per heavy atom. The molecule has 0 fully saturated rings. The van der Waals surface area contributed by atoms with Crippen molar-refractivity contribution in [2.75, 3.05) is 0 Å². The van der Waals surface area contributed by atoms with Crippen molar-refractivity contribution in [1.82, 2.24) is 17.6 Å². The van der Waals surface area contributed by atoms with Gasteiger partial charge in [-0.3, -0.25) is 43.2 Å². The number of pyridine rings is 8. The maximum atomic E-state index is 14.3. The number of ether oxygens (including phenoxy) is 1. The first-order valence-corrected chi connectivity index (χ1v) is 34.2. The number of hydrogen-bond acceptors (Lipinski definition) is 11. The Kier molecular flexibility index (Phi) is 13.1. The van der Waals surface area contributed by atoms with E-state index in [0.717, 1.165) is 16.7 Å². The smallest absolute Gasteiger partial charge is 0.343 e. The summed E-state index contributed by atoms with van der Waals surface area (Å²) in [5, 5.41) is 6.99. The van der Waals surface area contributed by atoms with Crippen molar-refractivity contribution in [3.63, 3.8) is 0 Å². The van der Waals surface area contributed by atoms with E-state index in [1.807, 2.05) is 149 Å². The normalized spacial score (nSPS) is 12.3. The predicted molar refractivity (Wildman–Crippen MR) is 416 cm³/mol. The number of hydrogen-bond donors (Lipinski definition) is 0. The summed E-state index contributed by atoms with van der Waals surface area (Å²) in [7, 11) is 0. The number of benzene rings is 12. The van der Waals surface area contributed by atoms with E-state index in [0.29, 0.717) is 164 Å². The summed E-state index contributed by atoms with van der Waals surface area (Å²) in [5.41, 5.74) is 9.04. The van der Waals surface area contributed by atoms with E-state index in [-0.39, 0.29) is 72.4 Å². The molecule has 0 spiro atoms. The van der Waals surface area contributed by atoms with Crippen LogP contribution in [0.2, 0.25) is 0 Å². The van der Waals surface area contributed by atoms with Crippen LogP contribution < -0.4 is 48.2 Å². The zero-order valence-corrected chi connectivity index (χ0v) is 56.3. The summed E-state index contributed by atoms with van der Waals surface area (Å²) in [6.07, 6.45) is 0. The monoisotopic (exact) mass is 1350 g/mol. The van der Waals surface area contributed by atoms with Gasteiger partial charge in [-0.15, -0.1) is 0 Å². The zero-order chi connectivity index (χ0) is 71.3. The Bertz CT molecular complexity index is 7910. The van der Waals surface area contributed by atoms with Gasteiger partial charge in [0, 0.05) is 91.9 Å². The molecule has 20 aromatic rings. The number of fused-ring (bicyclic) bond motifs is 16. The van der Waals surface area contributed by atoms with E-state index >= 15 is 0 Å². The van der Waals surface area contributed by atoms with Crippen molar-refractivity contribution in [1.29, 1.82) is 0 Å². The van der Waals surface area contributed by atoms with Crippen LogP contribution in [-0.4, -0.2) is 29.4 Å². The number of carbonyl (C=O) groups excluding carboxylic acids is 2. The second-order valence-corrected chi connectivity index (χ2v) is 27.8. The number of ketones is 1. The minimum Gasteiger partial charge on any atom is -0.423 e. The first kappa shape index (κ1) is 61.4. The first-order chi connectivity index (χ1) is 50.3. The lowest BCUT2D eigenvalue weighted by Crippen LogP contribution is -2.16. The predicted octanol–water partition coefficient (Wildman–Crippen LogP) is 15.9. The van der Waals surface area contributed by atoms with E-state index < -0.39 is 5.97 Å². The number of carbonyl (C=O) groups is 2. The van der Waals surface area contributed by atoms with Crippen molar-refractivity contribution < 1.29 is 14.3 Å². The van der Waals surface area contributed by atoms with Crippen molar-refractivity contribution in [3.05, 3.63) is 340 Å². The second-order valence-electron chi connectivity index (χ2n) is 27.8. The Morgan fingerprint density at radius 1 is 0.269 bits per heavy atom. The van der Waals surface area contributed by atoms with Crippen LogP contribution in [0, 0.1) is 6.92 Å². The molecule has 12 aromatic carbocycles. The quantitative estimate of drug-likeness (QED) is 0.0505. The van der Waals surface area contributed by atoms with Gasteiger partial charge in [0.1, 0.15) is 5.75 Å². The van der Waals surface area contributed by atoms with Gasteiger partial charge >= 0.3 is 5.97 Å². The highest BCUT2D eigenvalue weighted by molar-refractivity contribution is 6.16. The van der Waals surface area contributed by atoms with Gasteiger partial charge in [-0.05, 0) is 200 Å². The van der Waals surface area contributed by atoms with Crippen molar-refractivity contribution in [2.24, 2.45) is 0 Å². The molecule has 0 unspecified atom stereocenters. The zero-order valence-electron chi connectivity index (χ0n) is 56.3. The molecule has 0 radical (unpaired) electrons. The Hall–Kier alpha value is -13.7. The molecule has 104 heavy (non-hydrogen) atoms. The Balaban J connectivity index is 0.000000144. The van der Waals surface area contributed by atoms with E-state index in [4.69, 9.17) is 4.74 Å². The Labute approximate surface area is 584 Å². The number of nitrogens with zero attached hydrogens (tertiary/aromatic N) is 4. The van der Waals surface area contributed by atoms with E-state index in [1.54, 1.807) is 127 Å². The van der Waals surface area contributed by atoms with Crippen molar-refractivity contribution in [2.45, 2.75) is 46.5 Å². The largest absolute Gasteiger partial charge is 0.423 e. The number of aromatic nitrogens is 4. The maximum absolute atomic E-state index is 14.3. The highest BCUT2D eigenvalue weighted by Crippen LogP contribution is 2.36. The van der Waals surface area contributed by atoms with Crippen molar-refractivity contribution >= 4 is 164 Å². The molecule has 15 nitrogen and oxygen atoms in total. The lowest BCUT2D eigenvalue weighted by atomic mass is 9.95. The van der Waals surface area contributed by atoms with Crippen LogP contribution in [0.15, 0.2) is 263 Å². The number of rotatable bonds is 6. The van der Waals surface area contributed by atoms with Gasteiger partial charge < -0.3 is 22.3 Å². The van der Waals surface area contributed by atoms with Gasteiger partial charge in [-0.2, -0.15) is 0 Å². The molecule has 0 aliphatic rings. The van der Waals surface area contributed by atoms with Crippen LogP contribution >= 0.6 is 0 Å². The van der Waals surface area contributed by atoms with Crippen LogP contribution in [0.4, 0.5) is 0 Å². The third-order valence-corrected chi connectivity index (χ3v) is 21.2. The van der Waals surface area contributed by atoms with Gasteiger partial charge in [-0.25, -0.2) is 4.79 Å². The van der Waals surface area contributed by atoms with E-state index in [2.05, 4.69) is 0 Å². The van der Waals surface area contributed by atoms with Crippen LogP contribution in [0.3, 0.4) is 0 Å². The molecule has 0 atom stereocenters. The van der Waals surface area contributed by atoms with E-state index in [1.165, 1.54) is 0 Å². The van der Waals surface area contributed by atoms with Gasteiger partial charge in [0.25, 0.3) is 0 Å². The molecular formula is C89H54N4O11. The van der Waals surface area contributed by atoms with Crippen LogP contribution in [-0.2, 0) is 0 Å². The van der Waals surface area contributed by atoms with Gasteiger partial charge in [0.05, 0.1) is 77.2 Å². The summed E-state index contributed by atoms with van der Waals surface area (Å²) in [4.78, 5) is 139. The third-order valence-electron chi connectivity index (χ3n) is 21.2. The van der Waals surface area contributed by atoms with Gasteiger partial charge in [0.15, 0.2) is 49.2 Å². The summed E-state index contributed by atoms with van der Waals surface area (Å²) in [6, 6.07) is 65.3. The molecule has 496 valence electrons. The standard InChI is InChI=1S/C47H32N2O6.C42H22N2O5/c1-23(2)26-18-33-41-35(20-26)45(52)31-17-25(13-15-39(31)48(41)37-11-7-5-9-29(37)43(33)50)47(54)55-28-14-16-40-32(22-28)46(53)36-21-27(24(3)4)19-34-42(36)49(40)38-12-8-6-10-30(38)44(34)51;1-21-12-15-33-29(18-21)40(47)26-8-5-10-28-37(26)44(33)35-17-14-23(20-31(35)42(28)49)38(45)22-13-16-34-30(19-22)41(48)27-9-4-7-25-36(27)43(34)32-11-3-2-6-24(32)39(25)46/h5-24H,1-4H3;2-20H,1H3. The fraction of sp³-hybridized carbons (Fsp3) is 0.0787. The molecule has 0 N–H and O–H groups in total. The highest BCUT2D eigenvalue weighted by atomic mass is 16.5. The molecule has 0 bridgehead atoms. The highest BCUT2D eigenvalue weighted by Gasteiger charge is 2.26. The first-order valence-electron chi connectivity index (χ1n) is 34.2. The lowest BCUT2D eigenvalue weighted by molar-refractivity contribution is 0.0735. The maximum Gasteiger partial charge on any atom is 0.343 e. The minimum atomic E-state index is -0.700. The minimum absolute atomic E-state index is 0.0684. The van der Waals surface area contributed by atoms with Crippen LogP contribution in [0.1, 0.15) is 82.5 Å². The number of aryl methyl sites for hydroxylation is 1. The molecule has 8 aromatic heterocycles. The summed E-state index contributed by atoms with van der Waals surface area (Å²) in [5.74, 6) is -0.742. The molecule has 15 heteroatoms. The molecule has 0 saturated carbocycles. The molecule has 0 aliphatic heterocycles. The Morgan fingerprint density at radius 2 is 0.548 bits per heavy atom. The van der Waals surface area contributed by atoms with Gasteiger partial charge in [-0.1, -0.05) is 87.9 Å². The third kappa shape index (κ3) is 8.57. The van der Waals surface area contributed by atoms with Crippen LogP contribution in [0.5, 0.6) is 5.75 Å². The average molecular weight is 1360 g/mol. The molecule has 8 heterocycles. The molecule has 20 rings (SSSR count). The number of para-hydroxylation sites is 5. The molecule has 0 aliphatic carbocycles. The van der Waals surface area contributed by atoms with Crippen molar-refractivity contribution in [3.8, 4) is 5.75 Å². The summed E-state index contributed by atoms with van der Waals surface area (Å²) >= 11 is 0. The van der Waals surface area contributed by atoms with E-state index in [9.17, 15) is 47.9 Å². The molecule has 0 amide bonds. The SMILES string of the molecule is CC(C)c1cc2c(=O)c3ccccc3n3c4ccc(OC(=O)c5ccc6c(c5)c(=O)c5cc(C(C)C)cc7c(=O)c8ccccc8n6c75)cc4c(=O)c(c1)c23.Cc1ccc2c(c1)c(=O)c1cccc3c(=O)c4cc(C(=O)c5ccc6c(c5)c(=O)c5cccc7c(=O)c8ccccc8n6c75)ccc4n2c13.